The molecule has 1 aromatic rings. The van der Waals surface area contributed by atoms with E-state index in [4.69, 9.17) is 14.7 Å². The number of hydrogen-bond donors (Lipinski definition) is 0. The number of hydrogen-bond acceptors (Lipinski definition) is 3. The number of rotatable bonds is 15. The molecule has 0 radical (unpaired) electrons. The average molecular weight is 363 g/mol. The monoisotopic (exact) mass is 362 g/mol. The second-order valence-corrected chi connectivity index (χ2v) is 8.44. The van der Waals surface area contributed by atoms with Gasteiger partial charge in [0, 0.05) is 6.20 Å². The smallest absolute Gasteiger partial charge is 0.235 e. The summed E-state index contributed by atoms with van der Waals surface area (Å²) in [5.41, 5.74) is 2.32. The Balaban J connectivity index is 2.70. The molecule has 0 spiro atoms. The summed E-state index contributed by atoms with van der Waals surface area (Å²) >= 11 is 0. The molecule has 0 saturated carbocycles. The molecule has 0 aromatic carbocycles. The van der Waals surface area contributed by atoms with Crippen molar-refractivity contribution in [2.45, 2.75) is 112 Å². The minimum atomic E-state index is 0.188. The molecule has 0 fully saturated rings. The summed E-state index contributed by atoms with van der Waals surface area (Å²) in [6.07, 6.45) is 16.4. The minimum absolute atomic E-state index is 0.188. The van der Waals surface area contributed by atoms with E-state index in [1.807, 2.05) is 6.20 Å². The van der Waals surface area contributed by atoms with Crippen LogP contribution in [0.3, 0.4) is 0 Å². The van der Waals surface area contributed by atoms with E-state index in [0.717, 1.165) is 43.1 Å². The summed E-state index contributed by atoms with van der Waals surface area (Å²) in [6, 6.07) is 0. The Morgan fingerprint density at radius 3 is 2.19 bits per heavy atom. The Kier molecular flexibility index (Phi) is 11.6. The standard InChI is InChI=1S/C23H42N2O/c1-6-9-11-12-14-15-20-18-24-21(16-13-10-7-2)22(25-20)26-19-23(4,5)17-8-3/h18H,6-17,19H2,1-5H3. The lowest BCUT2D eigenvalue weighted by molar-refractivity contribution is 0.161. The second kappa shape index (κ2) is 13.1. The summed E-state index contributed by atoms with van der Waals surface area (Å²) in [5, 5.41) is 0. The fourth-order valence-corrected chi connectivity index (χ4v) is 3.30. The molecule has 3 heteroatoms. The topological polar surface area (TPSA) is 35.0 Å². The molecule has 0 atom stereocenters. The lowest BCUT2D eigenvalue weighted by Gasteiger charge is -2.24. The van der Waals surface area contributed by atoms with Gasteiger partial charge >= 0.3 is 0 Å². The number of ether oxygens (including phenoxy) is 1. The zero-order valence-corrected chi connectivity index (χ0v) is 18.1. The maximum Gasteiger partial charge on any atom is 0.235 e. The van der Waals surface area contributed by atoms with Gasteiger partial charge in [0.2, 0.25) is 5.88 Å². The normalized spacial score (nSPS) is 11.7. The van der Waals surface area contributed by atoms with Crippen molar-refractivity contribution in [3.8, 4) is 5.88 Å². The third-order valence-electron chi connectivity index (χ3n) is 4.94. The van der Waals surface area contributed by atoms with Gasteiger partial charge in [-0.05, 0) is 37.5 Å². The van der Waals surface area contributed by atoms with Crippen molar-refractivity contribution >= 4 is 0 Å². The van der Waals surface area contributed by atoms with Crippen LogP contribution < -0.4 is 4.74 Å². The van der Waals surface area contributed by atoms with Crippen molar-refractivity contribution < 1.29 is 4.74 Å². The van der Waals surface area contributed by atoms with Crippen LogP contribution in [-0.2, 0) is 12.8 Å². The van der Waals surface area contributed by atoms with Crippen LogP contribution in [0.5, 0.6) is 5.88 Å². The molecule has 1 rings (SSSR count). The Labute approximate surface area is 162 Å². The van der Waals surface area contributed by atoms with E-state index in [1.54, 1.807) is 0 Å². The highest BCUT2D eigenvalue weighted by atomic mass is 16.5. The van der Waals surface area contributed by atoms with E-state index < -0.39 is 0 Å². The van der Waals surface area contributed by atoms with Gasteiger partial charge < -0.3 is 4.74 Å². The third kappa shape index (κ3) is 9.54. The van der Waals surface area contributed by atoms with Gasteiger partial charge in [-0.1, -0.05) is 79.6 Å². The second-order valence-electron chi connectivity index (χ2n) is 8.44. The van der Waals surface area contributed by atoms with Crippen LogP contribution in [0.1, 0.15) is 110 Å². The van der Waals surface area contributed by atoms with Gasteiger partial charge in [-0.15, -0.1) is 0 Å². The van der Waals surface area contributed by atoms with Gasteiger partial charge in [0.1, 0.15) is 5.69 Å². The Morgan fingerprint density at radius 1 is 0.846 bits per heavy atom. The molecule has 1 heterocycles. The van der Waals surface area contributed by atoms with E-state index in [1.165, 1.54) is 57.8 Å². The fourth-order valence-electron chi connectivity index (χ4n) is 3.30. The Morgan fingerprint density at radius 2 is 1.50 bits per heavy atom. The van der Waals surface area contributed by atoms with E-state index in [-0.39, 0.29) is 5.41 Å². The van der Waals surface area contributed by atoms with Crippen LogP contribution in [0, 0.1) is 5.41 Å². The van der Waals surface area contributed by atoms with Gasteiger partial charge in [0.25, 0.3) is 0 Å². The molecular formula is C23H42N2O. The first-order chi connectivity index (χ1) is 12.5. The summed E-state index contributed by atoms with van der Waals surface area (Å²) < 4.78 is 6.20. The first-order valence-corrected chi connectivity index (χ1v) is 11.0. The van der Waals surface area contributed by atoms with Crippen molar-refractivity contribution in [1.29, 1.82) is 0 Å². The molecule has 0 amide bonds. The zero-order valence-electron chi connectivity index (χ0n) is 18.1. The number of aromatic nitrogens is 2. The van der Waals surface area contributed by atoms with Crippen LogP contribution in [0.25, 0.3) is 0 Å². The van der Waals surface area contributed by atoms with Crippen molar-refractivity contribution in [3.05, 3.63) is 17.6 Å². The minimum Gasteiger partial charge on any atom is -0.476 e. The summed E-state index contributed by atoms with van der Waals surface area (Å²) in [6.45, 7) is 12.0. The largest absolute Gasteiger partial charge is 0.476 e. The fraction of sp³-hybridized carbons (Fsp3) is 0.826. The lowest BCUT2D eigenvalue weighted by Crippen LogP contribution is -2.22. The molecule has 0 aliphatic heterocycles. The van der Waals surface area contributed by atoms with Crippen molar-refractivity contribution in [3.63, 3.8) is 0 Å². The predicted octanol–water partition coefficient (Wildman–Crippen LogP) is 6.93. The first-order valence-electron chi connectivity index (χ1n) is 11.0. The van der Waals surface area contributed by atoms with Gasteiger partial charge in [-0.3, -0.25) is 4.98 Å². The van der Waals surface area contributed by atoms with Gasteiger partial charge in [0.15, 0.2) is 0 Å². The van der Waals surface area contributed by atoms with Crippen molar-refractivity contribution in [2.24, 2.45) is 5.41 Å². The van der Waals surface area contributed by atoms with Crippen LogP contribution in [0.4, 0.5) is 0 Å². The summed E-state index contributed by atoms with van der Waals surface area (Å²) in [5.74, 6) is 0.788. The van der Waals surface area contributed by atoms with Crippen LogP contribution in [0.2, 0.25) is 0 Å². The average Bonchev–Trinajstić information content (AvgIpc) is 2.61. The summed E-state index contributed by atoms with van der Waals surface area (Å²) in [7, 11) is 0. The lowest BCUT2D eigenvalue weighted by atomic mass is 9.89. The molecule has 150 valence electrons. The van der Waals surface area contributed by atoms with Gasteiger partial charge in [-0.25, -0.2) is 4.98 Å². The number of nitrogens with zero attached hydrogens (tertiary/aromatic N) is 2. The van der Waals surface area contributed by atoms with Crippen LogP contribution >= 0.6 is 0 Å². The van der Waals surface area contributed by atoms with E-state index in [2.05, 4.69) is 34.6 Å². The molecule has 0 saturated heterocycles. The first kappa shape index (κ1) is 22.9. The molecule has 3 nitrogen and oxygen atoms in total. The molecule has 0 aliphatic rings. The van der Waals surface area contributed by atoms with E-state index in [9.17, 15) is 0 Å². The maximum atomic E-state index is 6.20. The summed E-state index contributed by atoms with van der Waals surface area (Å²) in [4.78, 5) is 9.57. The van der Waals surface area contributed by atoms with Crippen molar-refractivity contribution in [2.75, 3.05) is 6.61 Å². The quantitative estimate of drug-likeness (QED) is 0.317. The third-order valence-corrected chi connectivity index (χ3v) is 4.94. The SMILES string of the molecule is CCCCCCCc1cnc(CCCCC)c(OCC(C)(C)CCC)n1. The maximum absolute atomic E-state index is 6.20. The Hall–Kier alpha value is -1.12. The highest BCUT2D eigenvalue weighted by Crippen LogP contribution is 2.25. The molecule has 0 aliphatic carbocycles. The van der Waals surface area contributed by atoms with Crippen molar-refractivity contribution in [1.82, 2.24) is 9.97 Å². The zero-order chi connectivity index (χ0) is 19.3. The molecular weight excluding hydrogens is 320 g/mol. The number of aryl methyl sites for hydroxylation is 2. The molecule has 0 N–H and O–H groups in total. The Bertz CT molecular complexity index is 485. The highest BCUT2D eigenvalue weighted by molar-refractivity contribution is 5.21. The van der Waals surface area contributed by atoms with E-state index >= 15 is 0 Å². The van der Waals surface area contributed by atoms with Gasteiger partial charge in [0.05, 0.1) is 12.3 Å². The van der Waals surface area contributed by atoms with Crippen LogP contribution in [0.15, 0.2) is 6.20 Å². The number of unbranched alkanes of at least 4 members (excludes halogenated alkanes) is 6. The predicted molar refractivity (Wildman–Crippen MR) is 112 cm³/mol. The molecule has 1 aromatic heterocycles. The van der Waals surface area contributed by atoms with Crippen LogP contribution in [-0.4, -0.2) is 16.6 Å². The molecule has 26 heavy (non-hydrogen) atoms. The highest BCUT2D eigenvalue weighted by Gasteiger charge is 2.19. The van der Waals surface area contributed by atoms with Gasteiger partial charge in [-0.2, -0.15) is 0 Å². The molecule has 0 bridgehead atoms. The molecule has 0 unspecified atom stereocenters. The van der Waals surface area contributed by atoms with E-state index in [0.29, 0.717) is 0 Å².